The van der Waals surface area contributed by atoms with E-state index in [0.29, 0.717) is 23.4 Å². The molecule has 9 nitrogen and oxygen atoms in total. The van der Waals surface area contributed by atoms with Gasteiger partial charge in [0.2, 0.25) is 5.91 Å². The van der Waals surface area contributed by atoms with Gasteiger partial charge in [0.05, 0.1) is 18.7 Å². The maximum absolute atomic E-state index is 12.2. The van der Waals surface area contributed by atoms with Gasteiger partial charge in [0, 0.05) is 16.1 Å². The molecule has 142 valence electrons. The van der Waals surface area contributed by atoms with Gasteiger partial charge in [0.1, 0.15) is 0 Å². The normalized spacial score (nSPS) is 10.1. The fourth-order valence-corrected chi connectivity index (χ4v) is 3.05. The van der Waals surface area contributed by atoms with E-state index in [-0.39, 0.29) is 18.9 Å². The van der Waals surface area contributed by atoms with Crippen LogP contribution in [0, 0.1) is 5.41 Å². The van der Waals surface area contributed by atoms with E-state index < -0.39 is 17.8 Å². The maximum Gasteiger partial charge on any atom is 0.303 e. The van der Waals surface area contributed by atoms with Gasteiger partial charge in [-0.15, -0.1) is 11.3 Å². The minimum Gasteiger partial charge on any atom is -0.481 e. The van der Waals surface area contributed by atoms with Crippen LogP contribution in [0.25, 0.3) is 0 Å². The summed E-state index contributed by atoms with van der Waals surface area (Å²) in [5.74, 6) is -2.03. The molecule has 2 amide bonds. The van der Waals surface area contributed by atoms with Crippen LogP contribution < -0.4 is 21.7 Å². The lowest BCUT2D eigenvalue weighted by atomic mass is 10.2. The molecule has 1 aromatic carbocycles. The van der Waals surface area contributed by atoms with Crippen LogP contribution in [0.4, 0.5) is 11.4 Å². The van der Waals surface area contributed by atoms with Crippen molar-refractivity contribution >= 4 is 46.5 Å². The third-order valence-electron chi connectivity index (χ3n) is 3.40. The summed E-state index contributed by atoms with van der Waals surface area (Å²) >= 11 is 1.36. The largest absolute Gasteiger partial charge is 0.481 e. The van der Waals surface area contributed by atoms with Gasteiger partial charge in [-0.3, -0.25) is 19.8 Å². The monoisotopic (exact) mass is 389 g/mol. The molecule has 2 rings (SSSR count). The summed E-state index contributed by atoms with van der Waals surface area (Å²) in [6, 6.07) is 8.05. The quantitative estimate of drug-likeness (QED) is 0.296. The van der Waals surface area contributed by atoms with Crippen molar-refractivity contribution in [2.45, 2.75) is 12.8 Å². The fraction of sp³-hybridized carbons (Fsp3) is 0.176. The third kappa shape index (κ3) is 6.44. The second-order valence-electron chi connectivity index (χ2n) is 5.50. The summed E-state index contributed by atoms with van der Waals surface area (Å²) < 4.78 is 0. The van der Waals surface area contributed by atoms with E-state index >= 15 is 0 Å². The highest BCUT2D eigenvalue weighted by atomic mass is 32.1. The number of hydrogen-bond acceptors (Lipinski definition) is 5. The Morgan fingerprint density at radius 2 is 1.96 bits per heavy atom. The highest BCUT2D eigenvalue weighted by Gasteiger charge is 2.12. The zero-order valence-corrected chi connectivity index (χ0v) is 15.1. The molecule has 0 unspecified atom stereocenters. The molecule has 1 heterocycles. The number of rotatable bonds is 8. The lowest BCUT2D eigenvalue weighted by Crippen LogP contribution is -2.33. The number of amides is 2. The lowest BCUT2D eigenvalue weighted by Gasteiger charge is -2.09. The van der Waals surface area contributed by atoms with Crippen LogP contribution in [0.1, 0.15) is 21.7 Å². The average molecular weight is 389 g/mol. The molecule has 0 saturated heterocycles. The molecule has 7 N–H and O–H groups in total. The number of benzene rings is 1. The third-order valence-corrected chi connectivity index (χ3v) is 4.38. The molecule has 0 atom stereocenters. The standard InChI is InChI=1S/C17H19N5O4S/c18-17(19)21-11-3-1-2-10(8-11)16(26)20-9-14(23)22-12-6-7-27-13(12)4-5-15(24)25/h1-3,6-8H,4-5,9H2,(H,20,26)(H,22,23)(H,24,25)(H4,18,19,21). The SMILES string of the molecule is N=C(N)Nc1cccc(C(=O)NCC(=O)Nc2ccsc2CCC(=O)O)c1. The molecule has 0 saturated carbocycles. The number of aliphatic carboxylic acids is 1. The number of anilines is 2. The van der Waals surface area contributed by atoms with Crippen molar-refractivity contribution < 1.29 is 19.5 Å². The topological polar surface area (TPSA) is 157 Å². The number of thiophene rings is 1. The van der Waals surface area contributed by atoms with Crippen molar-refractivity contribution in [3.63, 3.8) is 0 Å². The van der Waals surface area contributed by atoms with Gasteiger partial charge in [-0.05, 0) is 36.1 Å². The maximum atomic E-state index is 12.2. The number of carboxylic acids is 1. The number of aryl methyl sites for hydroxylation is 1. The zero-order chi connectivity index (χ0) is 19.8. The van der Waals surface area contributed by atoms with E-state index in [1.54, 1.807) is 29.6 Å². The van der Waals surface area contributed by atoms with Crippen molar-refractivity contribution in [2.75, 3.05) is 17.2 Å². The van der Waals surface area contributed by atoms with Gasteiger partial charge in [0.25, 0.3) is 5.91 Å². The Labute approximate surface area is 159 Å². The molecule has 0 aliphatic carbocycles. The van der Waals surface area contributed by atoms with Crippen LogP contribution in [-0.4, -0.2) is 35.4 Å². The molecular formula is C17H19N5O4S. The van der Waals surface area contributed by atoms with Crippen LogP contribution in [0.15, 0.2) is 35.7 Å². The number of nitrogens with one attached hydrogen (secondary N) is 4. The molecular weight excluding hydrogens is 370 g/mol. The first-order chi connectivity index (χ1) is 12.8. The molecule has 0 aliphatic rings. The number of carboxylic acid groups (broad SMARTS) is 1. The van der Waals surface area contributed by atoms with Crippen LogP contribution in [0.5, 0.6) is 0 Å². The first-order valence-electron chi connectivity index (χ1n) is 7.92. The van der Waals surface area contributed by atoms with Crippen LogP contribution in [0.3, 0.4) is 0 Å². The minimum atomic E-state index is -0.908. The molecule has 1 aromatic heterocycles. The van der Waals surface area contributed by atoms with Crippen molar-refractivity contribution in [3.8, 4) is 0 Å². The minimum absolute atomic E-state index is 0.0231. The molecule has 2 aromatic rings. The zero-order valence-electron chi connectivity index (χ0n) is 14.2. The molecule has 0 radical (unpaired) electrons. The molecule has 0 spiro atoms. The summed E-state index contributed by atoms with van der Waals surface area (Å²) in [4.78, 5) is 35.7. The molecule has 27 heavy (non-hydrogen) atoms. The van der Waals surface area contributed by atoms with Gasteiger partial charge in [-0.1, -0.05) is 6.07 Å². The fourth-order valence-electron chi connectivity index (χ4n) is 2.22. The molecule has 10 heteroatoms. The Bertz CT molecular complexity index is 865. The van der Waals surface area contributed by atoms with Crippen molar-refractivity contribution in [1.29, 1.82) is 5.41 Å². The Morgan fingerprint density at radius 3 is 2.67 bits per heavy atom. The van der Waals surface area contributed by atoms with E-state index in [2.05, 4.69) is 16.0 Å². The van der Waals surface area contributed by atoms with Crippen LogP contribution >= 0.6 is 11.3 Å². The van der Waals surface area contributed by atoms with Crippen molar-refractivity contribution in [3.05, 3.63) is 46.2 Å². The number of hydrogen-bond donors (Lipinski definition) is 6. The second-order valence-corrected chi connectivity index (χ2v) is 6.50. The van der Waals surface area contributed by atoms with E-state index in [4.69, 9.17) is 16.2 Å². The van der Waals surface area contributed by atoms with E-state index in [1.807, 2.05) is 0 Å². The number of carbonyl (C=O) groups excluding carboxylic acids is 2. The van der Waals surface area contributed by atoms with Crippen molar-refractivity contribution in [1.82, 2.24) is 5.32 Å². The van der Waals surface area contributed by atoms with Gasteiger partial charge in [0.15, 0.2) is 5.96 Å². The molecule has 0 fully saturated rings. The molecule has 0 aliphatic heterocycles. The van der Waals surface area contributed by atoms with E-state index in [9.17, 15) is 14.4 Å². The summed E-state index contributed by atoms with van der Waals surface area (Å²) in [7, 11) is 0. The number of guanidine groups is 1. The highest BCUT2D eigenvalue weighted by Crippen LogP contribution is 2.23. The number of carbonyl (C=O) groups is 3. The summed E-state index contributed by atoms with van der Waals surface area (Å²) in [5.41, 5.74) is 6.60. The van der Waals surface area contributed by atoms with Crippen LogP contribution in [0.2, 0.25) is 0 Å². The van der Waals surface area contributed by atoms with Crippen LogP contribution in [-0.2, 0) is 16.0 Å². The van der Waals surface area contributed by atoms with E-state index in [1.165, 1.54) is 17.4 Å². The first kappa shape index (κ1) is 19.9. The van der Waals surface area contributed by atoms with Gasteiger partial charge >= 0.3 is 5.97 Å². The Morgan fingerprint density at radius 1 is 1.19 bits per heavy atom. The predicted molar refractivity (Wildman–Crippen MR) is 103 cm³/mol. The lowest BCUT2D eigenvalue weighted by molar-refractivity contribution is -0.136. The van der Waals surface area contributed by atoms with Gasteiger partial charge in [-0.2, -0.15) is 0 Å². The van der Waals surface area contributed by atoms with E-state index in [0.717, 1.165) is 4.88 Å². The molecule has 0 bridgehead atoms. The average Bonchev–Trinajstić information content (AvgIpc) is 3.04. The number of nitrogens with two attached hydrogens (primary N) is 1. The summed E-state index contributed by atoms with van der Waals surface area (Å²) in [6.45, 7) is -0.239. The van der Waals surface area contributed by atoms with Gasteiger partial charge in [-0.25, -0.2) is 0 Å². The second kappa shape index (κ2) is 9.34. The predicted octanol–water partition coefficient (Wildman–Crippen LogP) is 1.44. The Balaban J connectivity index is 1.89. The Kier molecular flexibility index (Phi) is 6.89. The summed E-state index contributed by atoms with van der Waals surface area (Å²) in [5, 5.41) is 25.5. The smallest absolute Gasteiger partial charge is 0.303 e. The van der Waals surface area contributed by atoms with Crippen molar-refractivity contribution in [2.24, 2.45) is 5.73 Å². The Hall–Kier alpha value is -3.40. The van der Waals surface area contributed by atoms with Gasteiger partial charge < -0.3 is 26.8 Å². The highest BCUT2D eigenvalue weighted by molar-refractivity contribution is 7.10. The first-order valence-corrected chi connectivity index (χ1v) is 8.80. The summed E-state index contributed by atoms with van der Waals surface area (Å²) in [6.07, 6.45) is 0.301.